The molecule has 0 aliphatic rings. The number of anilines is 4. The Kier molecular flexibility index (Phi) is 4.18. The van der Waals surface area contributed by atoms with E-state index in [-0.39, 0.29) is 10.6 Å². The lowest BCUT2D eigenvalue weighted by atomic mass is 10.3. The van der Waals surface area contributed by atoms with Crippen LogP contribution in [0.15, 0.2) is 41.3 Å². The van der Waals surface area contributed by atoms with Crippen molar-refractivity contribution in [2.45, 2.75) is 4.90 Å². The van der Waals surface area contributed by atoms with Gasteiger partial charge in [-0.2, -0.15) is 0 Å². The summed E-state index contributed by atoms with van der Waals surface area (Å²) in [6.45, 7) is 0. The van der Waals surface area contributed by atoms with Crippen LogP contribution in [-0.2, 0) is 10.0 Å². The van der Waals surface area contributed by atoms with Crippen LogP contribution in [0.2, 0.25) is 0 Å². The molecule has 2 aromatic rings. The summed E-state index contributed by atoms with van der Waals surface area (Å²) >= 11 is 0. The molecule has 8 heteroatoms. The topological polar surface area (TPSA) is 109 Å². The highest BCUT2D eigenvalue weighted by Gasteiger charge is 2.17. The summed E-state index contributed by atoms with van der Waals surface area (Å²) in [5, 5.41) is 5.74. The van der Waals surface area contributed by atoms with E-state index in [2.05, 4.69) is 20.3 Å². The molecule has 0 spiro atoms. The molecule has 0 radical (unpaired) electrons. The van der Waals surface area contributed by atoms with E-state index in [1.807, 2.05) is 0 Å². The molecule has 0 bridgehead atoms. The molecule has 0 saturated carbocycles. The molecule has 21 heavy (non-hydrogen) atoms. The number of hydrogen-bond acceptors (Lipinski definition) is 6. The van der Waals surface area contributed by atoms with Gasteiger partial charge in [-0.15, -0.1) is 0 Å². The van der Waals surface area contributed by atoms with Gasteiger partial charge in [0.25, 0.3) is 10.0 Å². The van der Waals surface area contributed by atoms with E-state index in [9.17, 15) is 8.42 Å². The summed E-state index contributed by atoms with van der Waals surface area (Å²) in [6.07, 6.45) is 0. The number of sulfonamides is 1. The molecule has 0 fully saturated rings. The van der Waals surface area contributed by atoms with E-state index in [0.717, 1.165) is 0 Å². The Morgan fingerprint density at radius 3 is 2.14 bits per heavy atom. The number of rotatable bonds is 5. The minimum atomic E-state index is -3.75. The minimum absolute atomic E-state index is 0.0406. The van der Waals surface area contributed by atoms with Crippen molar-refractivity contribution in [1.29, 1.82) is 0 Å². The minimum Gasteiger partial charge on any atom is -0.398 e. The van der Waals surface area contributed by atoms with Crippen LogP contribution >= 0.6 is 0 Å². The molecule has 1 aromatic carbocycles. The van der Waals surface area contributed by atoms with Gasteiger partial charge in [0.15, 0.2) is 0 Å². The first-order chi connectivity index (χ1) is 9.96. The Balaban J connectivity index is 2.39. The predicted molar refractivity (Wildman–Crippen MR) is 85.0 cm³/mol. The lowest BCUT2D eigenvalue weighted by Gasteiger charge is -2.12. The average molecular weight is 307 g/mol. The third-order valence-electron chi connectivity index (χ3n) is 2.80. The highest BCUT2D eigenvalue weighted by atomic mass is 32.2. The van der Waals surface area contributed by atoms with Gasteiger partial charge in [0.2, 0.25) is 0 Å². The molecule has 0 unspecified atom stereocenters. The Hall–Kier alpha value is -2.48. The fourth-order valence-corrected chi connectivity index (χ4v) is 2.96. The smallest absolute Gasteiger partial charge is 0.263 e. The molecular formula is C13H17N5O2S. The summed E-state index contributed by atoms with van der Waals surface area (Å²) < 4.78 is 27.2. The largest absolute Gasteiger partial charge is 0.398 e. The molecule has 2 rings (SSSR count). The first-order valence-electron chi connectivity index (χ1n) is 6.21. The van der Waals surface area contributed by atoms with E-state index in [1.165, 1.54) is 6.07 Å². The third-order valence-corrected chi connectivity index (χ3v) is 4.25. The summed E-state index contributed by atoms with van der Waals surface area (Å²) in [4.78, 5) is 4.25. The van der Waals surface area contributed by atoms with E-state index in [4.69, 9.17) is 5.73 Å². The molecule has 112 valence electrons. The van der Waals surface area contributed by atoms with Crippen LogP contribution in [-0.4, -0.2) is 27.5 Å². The van der Waals surface area contributed by atoms with Gasteiger partial charge in [-0.05, 0) is 12.1 Å². The second-order valence-electron chi connectivity index (χ2n) is 4.27. The number of pyridine rings is 1. The van der Waals surface area contributed by atoms with Crippen LogP contribution < -0.4 is 21.1 Å². The molecule has 0 aliphatic carbocycles. The fraction of sp³-hybridized carbons (Fsp3) is 0.154. The molecule has 0 amide bonds. The molecule has 0 aliphatic heterocycles. The summed E-state index contributed by atoms with van der Waals surface area (Å²) in [5.41, 5.74) is 6.30. The number of nitrogens with zero attached hydrogens (tertiary/aromatic N) is 1. The van der Waals surface area contributed by atoms with Crippen molar-refractivity contribution in [3.8, 4) is 0 Å². The van der Waals surface area contributed by atoms with E-state index in [1.54, 1.807) is 44.4 Å². The number of hydrogen-bond donors (Lipinski definition) is 4. The first kappa shape index (κ1) is 14.9. The Labute approximate surface area is 123 Å². The number of aromatic nitrogens is 1. The number of benzene rings is 1. The maximum Gasteiger partial charge on any atom is 0.263 e. The zero-order chi connectivity index (χ0) is 15.5. The van der Waals surface area contributed by atoms with Crippen LogP contribution in [0.3, 0.4) is 0 Å². The molecule has 5 N–H and O–H groups in total. The van der Waals surface area contributed by atoms with Gasteiger partial charge in [-0.1, -0.05) is 12.1 Å². The van der Waals surface area contributed by atoms with Crippen molar-refractivity contribution in [2.75, 3.05) is 35.2 Å². The molecule has 1 heterocycles. The number of nitrogens with two attached hydrogens (primary N) is 1. The molecule has 1 aromatic heterocycles. The van der Waals surface area contributed by atoms with Crippen LogP contribution in [0, 0.1) is 0 Å². The van der Waals surface area contributed by atoms with Gasteiger partial charge in [-0.3, -0.25) is 4.72 Å². The number of nitrogen functional groups attached to an aromatic ring is 1. The van der Waals surface area contributed by atoms with Gasteiger partial charge in [0, 0.05) is 26.2 Å². The van der Waals surface area contributed by atoms with Gasteiger partial charge in [0.1, 0.15) is 16.5 Å². The maximum atomic E-state index is 12.4. The van der Waals surface area contributed by atoms with Crippen molar-refractivity contribution >= 4 is 33.0 Å². The van der Waals surface area contributed by atoms with Crippen molar-refractivity contribution in [3.63, 3.8) is 0 Å². The van der Waals surface area contributed by atoms with Gasteiger partial charge in [-0.25, -0.2) is 13.4 Å². The van der Waals surface area contributed by atoms with Crippen molar-refractivity contribution < 1.29 is 8.42 Å². The molecule has 0 saturated heterocycles. The zero-order valence-electron chi connectivity index (χ0n) is 11.7. The lowest BCUT2D eigenvalue weighted by molar-refractivity contribution is 0.601. The van der Waals surface area contributed by atoms with Crippen LogP contribution in [0.1, 0.15) is 0 Å². The third kappa shape index (κ3) is 3.34. The molecule has 0 atom stereocenters. The Morgan fingerprint density at radius 2 is 1.62 bits per heavy atom. The van der Waals surface area contributed by atoms with Gasteiger partial charge >= 0.3 is 0 Å². The number of nitrogens with one attached hydrogen (secondary N) is 3. The second kappa shape index (κ2) is 5.88. The maximum absolute atomic E-state index is 12.4. The summed E-state index contributed by atoms with van der Waals surface area (Å²) in [6, 6.07) is 9.49. The van der Waals surface area contributed by atoms with Crippen LogP contribution in [0.25, 0.3) is 0 Å². The van der Waals surface area contributed by atoms with Crippen LogP contribution in [0.5, 0.6) is 0 Å². The highest BCUT2D eigenvalue weighted by molar-refractivity contribution is 7.92. The standard InChI is InChI=1S/C13H17N5O2S/c1-15-12-7-9(8-13(16-2)17-12)18-21(19,20)11-6-4-3-5-10(11)14/h3-8H,14H2,1-2H3,(H3,15,16,17,18). The van der Waals surface area contributed by atoms with E-state index in [0.29, 0.717) is 17.3 Å². The number of para-hydroxylation sites is 1. The fourth-order valence-electron chi connectivity index (χ4n) is 1.78. The SMILES string of the molecule is CNc1cc(NS(=O)(=O)c2ccccc2N)cc(NC)n1. The Bertz CT molecular complexity index is 724. The van der Waals surface area contributed by atoms with Crippen LogP contribution in [0.4, 0.5) is 23.0 Å². The van der Waals surface area contributed by atoms with Gasteiger partial charge < -0.3 is 16.4 Å². The van der Waals surface area contributed by atoms with E-state index >= 15 is 0 Å². The zero-order valence-corrected chi connectivity index (χ0v) is 12.5. The Morgan fingerprint density at radius 1 is 1.05 bits per heavy atom. The lowest BCUT2D eigenvalue weighted by Crippen LogP contribution is -2.15. The average Bonchev–Trinajstić information content (AvgIpc) is 2.46. The van der Waals surface area contributed by atoms with Gasteiger partial charge in [0.05, 0.1) is 11.4 Å². The predicted octanol–water partition coefficient (Wildman–Crippen LogP) is 1.55. The van der Waals surface area contributed by atoms with Crippen molar-refractivity contribution in [3.05, 3.63) is 36.4 Å². The second-order valence-corrected chi connectivity index (χ2v) is 5.92. The van der Waals surface area contributed by atoms with E-state index < -0.39 is 10.0 Å². The monoisotopic (exact) mass is 307 g/mol. The van der Waals surface area contributed by atoms with Crippen molar-refractivity contribution in [1.82, 2.24) is 4.98 Å². The summed E-state index contributed by atoms with van der Waals surface area (Å²) in [7, 11) is -0.345. The normalized spacial score (nSPS) is 11.0. The first-order valence-corrected chi connectivity index (χ1v) is 7.69. The summed E-state index contributed by atoms with van der Waals surface area (Å²) in [5.74, 6) is 1.08. The van der Waals surface area contributed by atoms with Crippen molar-refractivity contribution in [2.24, 2.45) is 0 Å². The molecule has 7 nitrogen and oxygen atoms in total. The molecular weight excluding hydrogens is 290 g/mol. The quantitative estimate of drug-likeness (QED) is 0.624. The highest BCUT2D eigenvalue weighted by Crippen LogP contribution is 2.24.